The quantitative estimate of drug-likeness (QED) is 0.650. The van der Waals surface area contributed by atoms with Gasteiger partial charge in [-0.15, -0.1) is 0 Å². The minimum atomic E-state index is -0.708. The fraction of sp³-hybridized carbons (Fsp3) is 0.292. The van der Waals surface area contributed by atoms with Gasteiger partial charge in [-0.1, -0.05) is 19.1 Å². The smallest absolute Gasteiger partial charge is 0.337 e. The van der Waals surface area contributed by atoms with E-state index >= 15 is 0 Å². The van der Waals surface area contributed by atoms with Crippen molar-refractivity contribution in [1.29, 1.82) is 0 Å². The lowest BCUT2D eigenvalue weighted by Crippen LogP contribution is -2.48. The first-order chi connectivity index (χ1) is 15.9. The van der Waals surface area contributed by atoms with E-state index in [1.807, 2.05) is 6.92 Å². The molecule has 0 aromatic heterocycles. The van der Waals surface area contributed by atoms with E-state index in [1.54, 1.807) is 49.4 Å². The summed E-state index contributed by atoms with van der Waals surface area (Å²) in [5.74, 6) is 0.262. The molecule has 2 aliphatic rings. The summed E-state index contributed by atoms with van der Waals surface area (Å²) in [4.78, 5) is 39.6. The van der Waals surface area contributed by atoms with E-state index in [2.05, 4.69) is 10.6 Å². The third-order valence-corrected chi connectivity index (χ3v) is 5.56. The maximum atomic E-state index is 12.8. The van der Waals surface area contributed by atoms with Crippen molar-refractivity contribution in [3.8, 4) is 11.5 Å². The van der Waals surface area contributed by atoms with Crippen LogP contribution in [0.4, 0.5) is 10.5 Å². The van der Waals surface area contributed by atoms with Crippen LogP contribution >= 0.6 is 0 Å². The van der Waals surface area contributed by atoms with Crippen LogP contribution in [-0.4, -0.2) is 43.3 Å². The molecule has 0 saturated carbocycles. The number of methoxy groups -OCH3 is 1. The summed E-state index contributed by atoms with van der Waals surface area (Å²) in [5.41, 5.74) is 2.47. The normalized spacial score (nSPS) is 17.0. The Morgan fingerprint density at radius 1 is 1.18 bits per heavy atom. The number of nitrogens with one attached hydrogen (secondary N) is 2. The van der Waals surface area contributed by atoms with Crippen molar-refractivity contribution in [2.75, 3.05) is 25.8 Å². The number of anilines is 1. The number of allylic oxidation sites excluding steroid dienone is 1. The lowest BCUT2D eigenvalue weighted by atomic mass is 9.94. The number of fused-ring (bicyclic) bond motifs is 1. The van der Waals surface area contributed by atoms with Crippen LogP contribution in [0.25, 0.3) is 0 Å². The Hall–Kier alpha value is -4.01. The Morgan fingerprint density at radius 3 is 2.73 bits per heavy atom. The number of esters is 1. The topological polar surface area (TPSA) is 106 Å². The van der Waals surface area contributed by atoms with Crippen molar-refractivity contribution in [1.82, 2.24) is 10.2 Å². The maximum absolute atomic E-state index is 12.8. The number of hydrogen-bond donors (Lipinski definition) is 2. The Morgan fingerprint density at radius 2 is 1.97 bits per heavy atom. The van der Waals surface area contributed by atoms with Gasteiger partial charge in [0, 0.05) is 23.5 Å². The average Bonchev–Trinajstić information content (AvgIpc) is 3.29. The predicted octanol–water partition coefficient (Wildman–Crippen LogP) is 3.59. The molecule has 1 atom stereocenters. The highest BCUT2D eigenvalue weighted by molar-refractivity contribution is 6.04. The lowest BCUT2D eigenvalue weighted by Gasteiger charge is -2.35. The first kappa shape index (κ1) is 22.2. The van der Waals surface area contributed by atoms with Crippen molar-refractivity contribution in [2.45, 2.75) is 26.3 Å². The number of amides is 3. The number of urea groups is 1. The second-order valence-electron chi connectivity index (χ2n) is 7.67. The van der Waals surface area contributed by atoms with Crippen LogP contribution in [0.3, 0.4) is 0 Å². The molecule has 33 heavy (non-hydrogen) atoms. The summed E-state index contributed by atoms with van der Waals surface area (Å²) in [6, 6.07) is 10.9. The summed E-state index contributed by atoms with van der Waals surface area (Å²) in [5, 5.41) is 5.74. The Bertz CT molecular complexity index is 1140. The molecule has 0 saturated heterocycles. The third-order valence-electron chi connectivity index (χ3n) is 5.56. The first-order valence-corrected chi connectivity index (χ1v) is 10.6. The number of carbonyl (C=O) groups is 3. The van der Waals surface area contributed by atoms with Gasteiger partial charge in [0.25, 0.3) is 5.91 Å². The molecule has 0 spiro atoms. The second kappa shape index (κ2) is 9.23. The van der Waals surface area contributed by atoms with Crippen LogP contribution < -0.4 is 20.1 Å². The molecular formula is C24H25N3O6. The number of nitrogens with zero attached hydrogens (tertiary/aromatic N) is 1. The monoisotopic (exact) mass is 451 g/mol. The van der Waals surface area contributed by atoms with E-state index in [1.165, 1.54) is 12.0 Å². The molecule has 172 valence electrons. The fourth-order valence-electron chi connectivity index (χ4n) is 3.94. The average molecular weight is 451 g/mol. The molecule has 0 fully saturated rings. The molecular weight excluding hydrogens is 426 g/mol. The summed E-state index contributed by atoms with van der Waals surface area (Å²) >= 11 is 0. The molecule has 3 amide bonds. The van der Waals surface area contributed by atoms with Crippen molar-refractivity contribution in [2.24, 2.45) is 0 Å². The van der Waals surface area contributed by atoms with Gasteiger partial charge in [-0.2, -0.15) is 0 Å². The molecule has 2 aliphatic heterocycles. The van der Waals surface area contributed by atoms with Crippen molar-refractivity contribution >= 4 is 23.6 Å². The van der Waals surface area contributed by atoms with Gasteiger partial charge < -0.3 is 24.8 Å². The number of ether oxygens (including phenoxy) is 3. The van der Waals surface area contributed by atoms with Gasteiger partial charge in [0.15, 0.2) is 11.5 Å². The van der Waals surface area contributed by atoms with Gasteiger partial charge >= 0.3 is 12.0 Å². The van der Waals surface area contributed by atoms with E-state index in [9.17, 15) is 14.4 Å². The summed E-state index contributed by atoms with van der Waals surface area (Å²) in [6.45, 7) is 4.30. The highest BCUT2D eigenvalue weighted by atomic mass is 16.7. The molecule has 4 rings (SSSR count). The largest absolute Gasteiger partial charge is 0.466 e. The number of hydrogen-bond acceptors (Lipinski definition) is 6. The molecule has 0 radical (unpaired) electrons. The van der Waals surface area contributed by atoms with Crippen LogP contribution in [0.1, 0.15) is 42.2 Å². The highest BCUT2D eigenvalue weighted by Crippen LogP contribution is 2.34. The molecule has 0 aliphatic carbocycles. The number of carbonyl (C=O) groups excluding carboxylic acids is 3. The zero-order valence-corrected chi connectivity index (χ0v) is 18.6. The van der Waals surface area contributed by atoms with Crippen molar-refractivity contribution < 1.29 is 28.6 Å². The Balaban J connectivity index is 1.61. The standard InChI is InChI=1S/C24H25N3O6/c1-4-10-27-14(2)20(23(29)31-3)21(26-24(27)30)15-6-5-7-17(11-15)25-22(28)16-8-9-18-19(12-16)33-13-32-18/h5-9,11-12,21H,4,10,13H2,1-3H3,(H,25,28)(H,26,30). The zero-order chi connectivity index (χ0) is 23.5. The molecule has 9 heteroatoms. The van der Waals surface area contributed by atoms with Gasteiger partial charge in [-0.05, 0) is 49.2 Å². The number of benzene rings is 2. The van der Waals surface area contributed by atoms with Crippen molar-refractivity contribution in [3.63, 3.8) is 0 Å². The van der Waals surface area contributed by atoms with Gasteiger partial charge in [0.1, 0.15) is 0 Å². The van der Waals surface area contributed by atoms with Crippen LogP contribution in [0.2, 0.25) is 0 Å². The molecule has 9 nitrogen and oxygen atoms in total. The summed E-state index contributed by atoms with van der Waals surface area (Å²) < 4.78 is 15.6. The van der Waals surface area contributed by atoms with E-state index < -0.39 is 12.0 Å². The van der Waals surface area contributed by atoms with E-state index in [0.717, 1.165) is 6.42 Å². The van der Waals surface area contributed by atoms with Crippen LogP contribution in [0, 0.1) is 0 Å². The molecule has 2 N–H and O–H groups in total. The first-order valence-electron chi connectivity index (χ1n) is 10.6. The van der Waals surface area contributed by atoms with E-state index in [-0.39, 0.29) is 18.7 Å². The Labute approximate surface area is 191 Å². The van der Waals surface area contributed by atoms with Gasteiger partial charge in [0.05, 0.1) is 18.7 Å². The molecule has 0 bridgehead atoms. The van der Waals surface area contributed by atoms with Crippen LogP contribution in [0.5, 0.6) is 11.5 Å². The molecule has 1 unspecified atom stereocenters. The second-order valence-corrected chi connectivity index (χ2v) is 7.67. The molecule has 2 heterocycles. The fourth-order valence-corrected chi connectivity index (χ4v) is 3.94. The minimum absolute atomic E-state index is 0.126. The van der Waals surface area contributed by atoms with Crippen LogP contribution in [-0.2, 0) is 9.53 Å². The summed E-state index contributed by atoms with van der Waals surface area (Å²) in [7, 11) is 1.31. The minimum Gasteiger partial charge on any atom is -0.466 e. The maximum Gasteiger partial charge on any atom is 0.337 e. The zero-order valence-electron chi connectivity index (χ0n) is 18.6. The predicted molar refractivity (Wildman–Crippen MR) is 120 cm³/mol. The van der Waals surface area contributed by atoms with Crippen molar-refractivity contribution in [3.05, 3.63) is 64.9 Å². The molecule has 2 aromatic carbocycles. The SMILES string of the molecule is CCCN1C(=O)NC(c2cccc(NC(=O)c3ccc4c(c3)OCO4)c2)C(C(=O)OC)=C1C. The van der Waals surface area contributed by atoms with E-state index in [0.29, 0.717) is 46.1 Å². The van der Waals surface area contributed by atoms with Gasteiger partial charge in [0.2, 0.25) is 6.79 Å². The number of rotatable bonds is 6. The van der Waals surface area contributed by atoms with Crippen LogP contribution in [0.15, 0.2) is 53.7 Å². The van der Waals surface area contributed by atoms with E-state index in [4.69, 9.17) is 14.2 Å². The highest BCUT2D eigenvalue weighted by Gasteiger charge is 2.36. The van der Waals surface area contributed by atoms with Gasteiger partial charge in [-0.3, -0.25) is 9.69 Å². The van der Waals surface area contributed by atoms with Gasteiger partial charge in [-0.25, -0.2) is 9.59 Å². The third kappa shape index (κ3) is 4.34. The molecule has 2 aromatic rings. The summed E-state index contributed by atoms with van der Waals surface area (Å²) in [6.07, 6.45) is 0.741. The Kier molecular flexibility index (Phi) is 6.21. The lowest BCUT2D eigenvalue weighted by molar-refractivity contribution is -0.136.